The summed E-state index contributed by atoms with van der Waals surface area (Å²) >= 11 is 0. The number of nitro groups is 1. The average molecular weight is 456 g/mol. The van der Waals surface area contributed by atoms with Crippen molar-refractivity contribution in [3.63, 3.8) is 0 Å². The number of benzene rings is 1. The van der Waals surface area contributed by atoms with Gasteiger partial charge in [0.2, 0.25) is 5.91 Å². The number of hydrogen-bond acceptors (Lipinski definition) is 5. The molecule has 176 valence electrons. The maximum atomic E-state index is 13.7. The summed E-state index contributed by atoms with van der Waals surface area (Å²) in [4.78, 5) is 53.5. The number of non-ortho nitro benzene ring substituents is 1. The zero-order valence-corrected chi connectivity index (χ0v) is 19.0. The van der Waals surface area contributed by atoms with Crippen molar-refractivity contribution in [2.24, 2.45) is 5.92 Å². The lowest BCUT2D eigenvalue weighted by atomic mass is 9.95. The fourth-order valence-electron chi connectivity index (χ4n) is 4.51. The van der Waals surface area contributed by atoms with Gasteiger partial charge in [0.25, 0.3) is 11.6 Å². The lowest BCUT2D eigenvalue weighted by Gasteiger charge is -2.32. The molecule has 1 aromatic carbocycles. The van der Waals surface area contributed by atoms with E-state index in [1.54, 1.807) is 11.0 Å². The van der Waals surface area contributed by atoms with Crippen molar-refractivity contribution in [3.8, 4) is 0 Å². The molecule has 1 aromatic rings. The molecule has 2 heterocycles. The Balaban J connectivity index is 1.71. The Labute approximate surface area is 192 Å². The molecule has 2 atom stereocenters. The molecule has 1 saturated carbocycles. The summed E-state index contributed by atoms with van der Waals surface area (Å²) in [6.07, 6.45) is 2.39. The standard InChI is InChI=1S/C23H29N5O5/c1-4-26-18-12-27(17(10-13(2)3)21(29)24-15-8-9-15)22(30)19(18)20(25-23(26)31)14-6-5-7-16(11-14)28(32)33/h5-7,11,13,15,17,20H,4,8-10,12H2,1-3H3,(H,24,29)(H,25,31)/t17-,20-/m0/s1. The molecule has 1 fully saturated rings. The summed E-state index contributed by atoms with van der Waals surface area (Å²) in [7, 11) is 0. The van der Waals surface area contributed by atoms with E-state index in [1.165, 1.54) is 23.1 Å². The van der Waals surface area contributed by atoms with Crippen LogP contribution in [0.1, 0.15) is 51.6 Å². The molecule has 4 amide bonds. The third kappa shape index (κ3) is 4.42. The predicted octanol–water partition coefficient (Wildman–Crippen LogP) is 2.47. The second kappa shape index (κ2) is 8.84. The molecule has 10 heteroatoms. The Bertz CT molecular complexity index is 1030. The molecular formula is C23H29N5O5. The Morgan fingerprint density at radius 1 is 1.30 bits per heavy atom. The lowest BCUT2D eigenvalue weighted by Crippen LogP contribution is -2.49. The lowest BCUT2D eigenvalue weighted by molar-refractivity contribution is -0.384. The predicted molar refractivity (Wildman–Crippen MR) is 120 cm³/mol. The topological polar surface area (TPSA) is 125 Å². The normalized spacial score (nSPS) is 21.3. The van der Waals surface area contributed by atoms with Crippen LogP contribution in [0.2, 0.25) is 0 Å². The van der Waals surface area contributed by atoms with Crippen LogP contribution >= 0.6 is 0 Å². The van der Waals surface area contributed by atoms with Gasteiger partial charge in [-0.25, -0.2) is 4.79 Å². The van der Waals surface area contributed by atoms with Crippen molar-refractivity contribution in [2.45, 2.75) is 58.2 Å². The maximum Gasteiger partial charge on any atom is 0.322 e. The highest BCUT2D eigenvalue weighted by molar-refractivity contribution is 6.03. The van der Waals surface area contributed by atoms with Gasteiger partial charge in [0.05, 0.1) is 28.8 Å². The van der Waals surface area contributed by atoms with Gasteiger partial charge in [0, 0.05) is 24.7 Å². The summed E-state index contributed by atoms with van der Waals surface area (Å²) in [6, 6.07) is 4.26. The first-order chi connectivity index (χ1) is 15.7. The number of hydrogen-bond donors (Lipinski definition) is 2. The van der Waals surface area contributed by atoms with Crippen molar-refractivity contribution in [1.82, 2.24) is 20.4 Å². The van der Waals surface area contributed by atoms with Crippen LogP contribution in [0, 0.1) is 16.0 Å². The fraction of sp³-hybridized carbons (Fsp3) is 0.522. The van der Waals surface area contributed by atoms with Crippen LogP contribution in [-0.4, -0.2) is 57.7 Å². The summed E-state index contributed by atoms with van der Waals surface area (Å²) in [6.45, 7) is 6.32. The molecule has 0 saturated heterocycles. The number of nitrogens with zero attached hydrogens (tertiary/aromatic N) is 3. The number of nitro benzene ring substituents is 1. The highest BCUT2D eigenvalue weighted by Gasteiger charge is 2.47. The van der Waals surface area contributed by atoms with E-state index in [-0.39, 0.29) is 42.0 Å². The van der Waals surface area contributed by atoms with Crippen molar-refractivity contribution in [3.05, 3.63) is 51.2 Å². The third-order valence-corrected chi connectivity index (χ3v) is 6.28. The zero-order valence-electron chi connectivity index (χ0n) is 19.0. The van der Waals surface area contributed by atoms with Crippen LogP contribution in [0.4, 0.5) is 10.5 Å². The monoisotopic (exact) mass is 455 g/mol. The molecule has 33 heavy (non-hydrogen) atoms. The SMILES string of the molecule is CCN1C(=O)N[C@@H](c2cccc([N+](=O)[O-])c2)C2=C1CN([C@@H](CC(C)C)C(=O)NC1CC1)C2=O. The Morgan fingerprint density at radius 3 is 2.64 bits per heavy atom. The van der Waals surface area contributed by atoms with Gasteiger partial charge in [-0.3, -0.25) is 24.6 Å². The fourth-order valence-corrected chi connectivity index (χ4v) is 4.51. The zero-order chi connectivity index (χ0) is 23.9. The smallest absolute Gasteiger partial charge is 0.322 e. The van der Waals surface area contributed by atoms with Crippen LogP contribution in [-0.2, 0) is 9.59 Å². The quantitative estimate of drug-likeness (QED) is 0.460. The van der Waals surface area contributed by atoms with Gasteiger partial charge in [-0.1, -0.05) is 26.0 Å². The molecule has 1 aliphatic carbocycles. The Kier molecular flexibility index (Phi) is 6.09. The van der Waals surface area contributed by atoms with E-state index in [0.29, 0.717) is 29.8 Å². The second-order valence-electron chi connectivity index (χ2n) is 9.20. The number of rotatable bonds is 8. The van der Waals surface area contributed by atoms with Gasteiger partial charge in [-0.05, 0) is 37.7 Å². The molecule has 0 aromatic heterocycles. The van der Waals surface area contributed by atoms with E-state index in [0.717, 1.165) is 12.8 Å². The molecule has 0 bridgehead atoms. The van der Waals surface area contributed by atoms with Crippen molar-refractivity contribution >= 4 is 23.5 Å². The van der Waals surface area contributed by atoms with E-state index >= 15 is 0 Å². The van der Waals surface area contributed by atoms with Gasteiger partial charge < -0.3 is 15.5 Å². The van der Waals surface area contributed by atoms with Crippen molar-refractivity contribution in [1.29, 1.82) is 0 Å². The molecular weight excluding hydrogens is 426 g/mol. The highest BCUT2D eigenvalue weighted by Crippen LogP contribution is 2.38. The molecule has 2 N–H and O–H groups in total. The first kappa shape index (κ1) is 22.8. The van der Waals surface area contributed by atoms with Crippen LogP contribution in [0.25, 0.3) is 0 Å². The number of amides is 4. The number of nitrogens with one attached hydrogen (secondary N) is 2. The number of urea groups is 1. The third-order valence-electron chi connectivity index (χ3n) is 6.28. The molecule has 0 radical (unpaired) electrons. The average Bonchev–Trinajstić information content (AvgIpc) is 3.52. The first-order valence-corrected chi connectivity index (χ1v) is 11.4. The molecule has 0 spiro atoms. The maximum absolute atomic E-state index is 13.7. The largest absolute Gasteiger partial charge is 0.352 e. The van der Waals surface area contributed by atoms with Crippen LogP contribution < -0.4 is 10.6 Å². The van der Waals surface area contributed by atoms with Gasteiger partial charge in [0.15, 0.2) is 0 Å². The molecule has 3 aliphatic rings. The molecule has 4 rings (SSSR count). The van der Waals surface area contributed by atoms with E-state index in [2.05, 4.69) is 10.6 Å². The molecule has 0 unspecified atom stereocenters. The van der Waals surface area contributed by atoms with Gasteiger partial charge in [-0.2, -0.15) is 0 Å². The highest BCUT2D eigenvalue weighted by atomic mass is 16.6. The van der Waals surface area contributed by atoms with E-state index < -0.39 is 17.0 Å². The van der Waals surface area contributed by atoms with Crippen LogP contribution in [0.15, 0.2) is 35.5 Å². The number of carbonyl (C=O) groups is 3. The van der Waals surface area contributed by atoms with E-state index in [9.17, 15) is 24.5 Å². The van der Waals surface area contributed by atoms with Crippen LogP contribution in [0.3, 0.4) is 0 Å². The van der Waals surface area contributed by atoms with Crippen LogP contribution in [0.5, 0.6) is 0 Å². The minimum Gasteiger partial charge on any atom is -0.352 e. The summed E-state index contributed by atoms with van der Waals surface area (Å²) in [5.41, 5.74) is 1.25. The minimum absolute atomic E-state index is 0.120. The van der Waals surface area contributed by atoms with Crippen molar-refractivity contribution in [2.75, 3.05) is 13.1 Å². The number of carbonyl (C=O) groups excluding carboxylic acids is 3. The van der Waals surface area contributed by atoms with E-state index in [1.807, 2.05) is 20.8 Å². The first-order valence-electron chi connectivity index (χ1n) is 11.4. The summed E-state index contributed by atoms with van der Waals surface area (Å²) in [5, 5.41) is 17.1. The van der Waals surface area contributed by atoms with Gasteiger partial charge >= 0.3 is 6.03 Å². The Morgan fingerprint density at radius 2 is 2.03 bits per heavy atom. The minimum atomic E-state index is -0.820. The summed E-state index contributed by atoms with van der Waals surface area (Å²) in [5.74, 6) is -0.315. The molecule has 10 nitrogen and oxygen atoms in total. The Hall–Kier alpha value is -3.43. The number of likely N-dealkylation sites (N-methyl/N-ethyl adjacent to an activating group) is 1. The summed E-state index contributed by atoms with van der Waals surface area (Å²) < 4.78 is 0. The second-order valence-corrected chi connectivity index (χ2v) is 9.20. The van der Waals surface area contributed by atoms with E-state index in [4.69, 9.17) is 0 Å². The molecule has 2 aliphatic heterocycles. The van der Waals surface area contributed by atoms with Crippen molar-refractivity contribution < 1.29 is 19.3 Å². The van der Waals surface area contributed by atoms with Gasteiger partial charge in [0.1, 0.15) is 6.04 Å². The van der Waals surface area contributed by atoms with Gasteiger partial charge in [-0.15, -0.1) is 0 Å².